The minimum Gasteiger partial charge on any atom is -0.495 e. The van der Waals surface area contributed by atoms with Gasteiger partial charge in [-0.3, -0.25) is 4.79 Å². The lowest BCUT2D eigenvalue weighted by Crippen LogP contribution is -2.36. The first-order chi connectivity index (χ1) is 9.83. The first kappa shape index (κ1) is 15.3. The predicted molar refractivity (Wildman–Crippen MR) is 71.7 cm³/mol. The SMILES string of the molecule is COc1ccc(C(=O)O)cc1S(=O)(=O)NC1CNC(=O)C1. The monoisotopic (exact) mass is 314 g/mol. The summed E-state index contributed by atoms with van der Waals surface area (Å²) >= 11 is 0. The van der Waals surface area contributed by atoms with Crippen molar-refractivity contribution in [1.29, 1.82) is 0 Å². The Hall–Kier alpha value is -2.13. The van der Waals surface area contributed by atoms with Crippen LogP contribution in [0.1, 0.15) is 16.8 Å². The highest BCUT2D eigenvalue weighted by Gasteiger charge is 2.29. The van der Waals surface area contributed by atoms with E-state index in [1.165, 1.54) is 19.2 Å². The van der Waals surface area contributed by atoms with Crippen LogP contribution in [0.15, 0.2) is 23.1 Å². The van der Waals surface area contributed by atoms with Gasteiger partial charge in [-0.25, -0.2) is 17.9 Å². The highest BCUT2D eigenvalue weighted by atomic mass is 32.2. The fourth-order valence-electron chi connectivity index (χ4n) is 1.99. The lowest BCUT2D eigenvalue weighted by Gasteiger charge is -2.14. The molecule has 1 atom stereocenters. The van der Waals surface area contributed by atoms with E-state index < -0.39 is 22.0 Å². The Morgan fingerprint density at radius 2 is 2.19 bits per heavy atom. The van der Waals surface area contributed by atoms with E-state index in [-0.39, 0.29) is 35.1 Å². The van der Waals surface area contributed by atoms with Crippen molar-refractivity contribution in [2.24, 2.45) is 0 Å². The largest absolute Gasteiger partial charge is 0.495 e. The molecule has 1 aromatic rings. The number of carbonyl (C=O) groups excluding carboxylic acids is 1. The molecular formula is C12H14N2O6S. The number of methoxy groups -OCH3 is 1. The topological polar surface area (TPSA) is 122 Å². The second-order valence-corrected chi connectivity index (χ2v) is 6.18. The molecule has 0 aromatic heterocycles. The van der Waals surface area contributed by atoms with Gasteiger partial charge in [0, 0.05) is 19.0 Å². The van der Waals surface area contributed by atoms with Gasteiger partial charge < -0.3 is 15.2 Å². The van der Waals surface area contributed by atoms with Gasteiger partial charge in [0.2, 0.25) is 15.9 Å². The van der Waals surface area contributed by atoms with Gasteiger partial charge in [0.15, 0.2) is 0 Å². The van der Waals surface area contributed by atoms with Crippen molar-refractivity contribution in [3.05, 3.63) is 23.8 Å². The van der Waals surface area contributed by atoms with Crippen LogP contribution in [-0.2, 0) is 14.8 Å². The number of rotatable bonds is 5. The number of carbonyl (C=O) groups is 2. The number of benzene rings is 1. The van der Waals surface area contributed by atoms with Gasteiger partial charge in [-0.05, 0) is 18.2 Å². The van der Waals surface area contributed by atoms with E-state index in [0.717, 1.165) is 6.07 Å². The molecule has 0 spiro atoms. The second-order valence-electron chi connectivity index (χ2n) is 4.50. The maximum Gasteiger partial charge on any atom is 0.335 e. The van der Waals surface area contributed by atoms with Crippen molar-refractivity contribution < 1.29 is 27.9 Å². The van der Waals surface area contributed by atoms with Crippen molar-refractivity contribution in [3.63, 3.8) is 0 Å². The van der Waals surface area contributed by atoms with E-state index in [2.05, 4.69) is 10.0 Å². The van der Waals surface area contributed by atoms with Gasteiger partial charge in [0.25, 0.3) is 0 Å². The molecule has 0 aliphatic carbocycles. The molecular weight excluding hydrogens is 300 g/mol. The van der Waals surface area contributed by atoms with Crippen LogP contribution < -0.4 is 14.8 Å². The molecule has 2 rings (SSSR count). The number of carboxylic acid groups (broad SMARTS) is 1. The van der Waals surface area contributed by atoms with E-state index >= 15 is 0 Å². The molecule has 1 aromatic carbocycles. The van der Waals surface area contributed by atoms with Crippen molar-refractivity contribution in [1.82, 2.24) is 10.0 Å². The maximum atomic E-state index is 12.3. The van der Waals surface area contributed by atoms with Gasteiger partial charge in [-0.15, -0.1) is 0 Å². The van der Waals surface area contributed by atoms with Crippen LogP contribution in [0.25, 0.3) is 0 Å². The number of ether oxygens (including phenoxy) is 1. The average Bonchev–Trinajstić information content (AvgIpc) is 2.82. The Bertz CT molecular complexity index is 685. The molecule has 1 saturated heterocycles. The van der Waals surface area contributed by atoms with E-state index in [4.69, 9.17) is 9.84 Å². The normalized spacial score (nSPS) is 18.3. The minimum atomic E-state index is -4.00. The summed E-state index contributed by atoms with van der Waals surface area (Å²) < 4.78 is 32.0. The molecule has 114 valence electrons. The Morgan fingerprint density at radius 3 is 2.71 bits per heavy atom. The van der Waals surface area contributed by atoms with Crippen LogP contribution in [0.2, 0.25) is 0 Å². The zero-order valence-corrected chi connectivity index (χ0v) is 11.9. The molecule has 1 aliphatic rings. The number of sulfonamides is 1. The van der Waals surface area contributed by atoms with Gasteiger partial charge >= 0.3 is 5.97 Å². The molecule has 21 heavy (non-hydrogen) atoms. The van der Waals surface area contributed by atoms with Gasteiger partial charge in [0.05, 0.1) is 12.7 Å². The molecule has 0 saturated carbocycles. The Balaban J connectivity index is 2.35. The van der Waals surface area contributed by atoms with E-state index in [1.54, 1.807) is 0 Å². The second kappa shape index (κ2) is 5.70. The van der Waals surface area contributed by atoms with Crippen molar-refractivity contribution in [3.8, 4) is 5.75 Å². The smallest absolute Gasteiger partial charge is 0.335 e. The molecule has 1 fully saturated rings. The van der Waals surface area contributed by atoms with Gasteiger partial charge in [-0.2, -0.15) is 0 Å². The van der Waals surface area contributed by atoms with Crippen LogP contribution in [0.4, 0.5) is 0 Å². The molecule has 8 nitrogen and oxygen atoms in total. The summed E-state index contributed by atoms with van der Waals surface area (Å²) in [5.41, 5.74) is -0.170. The van der Waals surface area contributed by atoms with Crippen molar-refractivity contribution in [2.45, 2.75) is 17.4 Å². The summed E-state index contributed by atoms with van der Waals surface area (Å²) in [7, 11) is -2.71. The van der Waals surface area contributed by atoms with Gasteiger partial charge in [-0.1, -0.05) is 0 Å². The Kier molecular flexibility index (Phi) is 4.14. The first-order valence-corrected chi connectivity index (χ1v) is 7.52. The van der Waals surface area contributed by atoms with Crippen molar-refractivity contribution >= 4 is 21.9 Å². The van der Waals surface area contributed by atoms with E-state index in [9.17, 15) is 18.0 Å². The van der Waals surface area contributed by atoms with E-state index in [0.29, 0.717) is 0 Å². The quantitative estimate of drug-likeness (QED) is 0.677. The summed E-state index contributed by atoms with van der Waals surface area (Å²) in [5.74, 6) is -1.45. The maximum absolute atomic E-state index is 12.3. The van der Waals surface area contributed by atoms with Gasteiger partial charge in [0.1, 0.15) is 10.6 Å². The minimum absolute atomic E-state index is 0.0322. The summed E-state index contributed by atoms with van der Waals surface area (Å²) in [6, 6.07) is 2.98. The lowest BCUT2D eigenvalue weighted by atomic mass is 10.2. The Labute approximate surface area is 121 Å². The third-order valence-electron chi connectivity index (χ3n) is 3.00. The Morgan fingerprint density at radius 1 is 1.48 bits per heavy atom. The number of nitrogens with one attached hydrogen (secondary N) is 2. The summed E-state index contributed by atoms with van der Waals surface area (Å²) in [5, 5.41) is 11.5. The molecule has 9 heteroatoms. The molecule has 0 radical (unpaired) electrons. The lowest BCUT2D eigenvalue weighted by molar-refractivity contribution is -0.119. The van der Waals surface area contributed by atoms with Crippen molar-refractivity contribution in [2.75, 3.05) is 13.7 Å². The van der Waals surface area contributed by atoms with Crippen LogP contribution in [0, 0.1) is 0 Å². The number of hydrogen-bond acceptors (Lipinski definition) is 5. The third-order valence-corrected chi connectivity index (χ3v) is 4.54. The molecule has 1 heterocycles. The van der Waals surface area contributed by atoms with Crippen LogP contribution in [0.5, 0.6) is 5.75 Å². The highest BCUT2D eigenvalue weighted by molar-refractivity contribution is 7.89. The molecule has 1 amide bonds. The fourth-order valence-corrected chi connectivity index (χ4v) is 3.42. The third kappa shape index (κ3) is 3.31. The van der Waals surface area contributed by atoms with Crippen LogP contribution in [0.3, 0.4) is 0 Å². The fraction of sp³-hybridized carbons (Fsp3) is 0.333. The highest BCUT2D eigenvalue weighted by Crippen LogP contribution is 2.25. The van der Waals surface area contributed by atoms with Crippen LogP contribution >= 0.6 is 0 Å². The molecule has 0 bridgehead atoms. The molecule has 3 N–H and O–H groups in total. The zero-order valence-electron chi connectivity index (χ0n) is 11.1. The molecule has 1 unspecified atom stereocenters. The summed E-state index contributed by atoms with van der Waals surface area (Å²) in [6.07, 6.45) is 0.0418. The summed E-state index contributed by atoms with van der Waals surface area (Å²) in [4.78, 5) is 21.8. The summed E-state index contributed by atoms with van der Waals surface area (Å²) in [6.45, 7) is 0.193. The standard InChI is InChI=1S/C12H14N2O6S/c1-20-9-3-2-7(12(16)17)4-10(9)21(18,19)14-8-5-11(15)13-6-8/h2-4,8,14H,5-6H2,1H3,(H,13,15)(H,16,17). The average molecular weight is 314 g/mol. The number of carboxylic acids is 1. The molecule has 1 aliphatic heterocycles. The van der Waals surface area contributed by atoms with E-state index in [1.807, 2.05) is 0 Å². The number of hydrogen-bond donors (Lipinski definition) is 3. The zero-order chi connectivity index (χ0) is 15.6. The first-order valence-electron chi connectivity index (χ1n) is 6.04. The number of aromatic carboxylic acids is 1. The predicted octanol–water partition coefficient (Wildman–Crippen LogP) is -0.440. The number of amides is 1. The van der Waals surface area contributed by atoms with Crippen LogP contribution in [-0.4, -0.2) is 45.1 Å².